The molecule has 4 nitrogen and oxygen atoms in total. The van der Waals surface area contributed by atoms with Crippen LogP contribution in [0.15, 0.2) is 0 Å². The van der Waals surface area contributed by atoms with E-state index >= 15 is 0 Å². The van der Waals surface area contributed by atoms with E-state index in [2.05, 4.69) is 6.92 Å². The first-order valence-corrected chi connectivity index (χ1v) is 10.1. The van der Waals surface area contributed by atoms with Crippen LogP contribution >= 0.6 is 0 Å². The number of rotatable bonds is 18. The van der Waals surface area contributed by atoms with E-state index in [-0.39, 0.29) is 0 Å². The first-order chi connectivity index (χ1) is 11.6. The Hall–Kier alpha value is -0.610. The highest BCUT2D eigenvalue weighted by atomic mass is 16.5. The van der Waals surface area contributed by atoms with Gasteiger partial charge in [-0.1, -0.05) is 84.0 Å². The topological polar surface area (TPSA) is 49.8 Å². The molecule has 0 aromatic rings. The minimum atomic E-state index is -0.822. The Morgan fingerprint density at radius 1 is 0.875 bits per heavy atom. The molecule has 0 aromatic carbocycles. The van der Waals surface area contributed by atoms with Crippen LogP contribution in [0.1, 0.15) is 90.4 Å². The van der Waals surface area contributed by atoms with Crippen molar-refractivity contribution in [3.63, 3.8) is 0 Å². The lowest BCUT2D eigenvalue weighted by molar-refractivity contribution is -0.151. The van der Waals surface area contributed by atoms with Crippen LogP contribution < -0.4 is 0 Å². The molecule has 0 aliphatic carbocycles. The van der Waals surface area contributed by atoms with Gasteiger partial charge in [0.25, 0.3) is 0 Å². The Labute approximate surface area is 150 Å². The van der Waals surface area contributed by atoms with E-state index in [4.69, 9.17) is 4.74 Å². The second-order valence-electron chi connectivity index (χ2n) is 7.18. The molecule has 0 fully saturated rings. The molecule has 0 aliphatic heterocycles. The zero-order valence-corrected chi connectivity index (χ0v) is 16.4. The van der Waals surface area contributed by atoms with Crippen LogP contribution in [0.5, 0.6) is 0 Å². The second-order valence-corrected chi connectivity index (χ2v) is 7.18. The maximum Gasteiger partial charge on any atom is 0.332 e. The van der Waals surface area contributed by atoms with Crippen LogP contribution in [0.3, 0.4) is 0 Å². The third-order valence-corrected chi connectivity index (χ3v) is 4.45. The molecule has 1 unspecified atom stereocenters. The number of unbranched alkanes of at least 4 members (excludes halogenated alkanes) is 11. The molecule has 1 N–H and O–H groups in total. The van der Waals surface area contributed by atoms with E-state index in [0.29, 0.717) is 13.0 Å². The SMILES string of the molecule is CCCCCCCCCCCCCCC(OCCN(C)C)C(=O)O. The van der Waals surface area contributed by atoms with Crippen molar-refractivity contribution in [3.8, 4) is 0 Å². The maximum atomic E-state index is 11.2. The smallest absolute Gasteiger partial charge is 0.332 e. The number of nitrogens with zero attached hydrogens (tertiary/aromatic N) is 1. The highest BCUT2D eigenvalue weighted by molar-refractivity contribution is 5.72. The number of aliphatic carboxylic acids is 1. The zero-order valence-electron chi connectivity index (χ0n) is 16.4. The molecule has 4 heteroatoms. The van der Waals surface area contributed by atoms with Crippen molar-refractivity contribution in [3.05, 3.63) is 0 Å². The van der Waals surface area contributed by atoms with Crippen molar-refractivity contribution >= 4 is 5.97 Å². The van der Waals surface area contributed by atoms with Gasteiger partial charge in [0.2, 0.25) is 0 Å². The number of hydrogen-bond donors (Lipinski definition) is 1. The number of carboxylic acid groups (broad SMARTS) is 1. The van der Waals surface area contributed by atoms with Crippen molar-refractivity contribution in [1.29, 1.82) is 0 Å². The standard InChI is InChI=1S/C20H41NO3/c1-4-5-6-7-8-9-10-11-12-13-14-15-16-19(20(22)23)24-18-17-21(2)3/h19H,4-18H2,1-3H3,(H,22,23). The summed E-state index contributed by atoms with van der Waals surface area (Å²) in [6.07, 6.45) is 15.6. The highest BCUT2D eigenvalue weighted by Gasteiger charge is 2.17. The van der Waals surface area contributed by atoms with Crippen LogP contribution in [0.2, 0.25) is 0 Å². The van der Waals surface area contributed by atoms with Gasteiger partial charge in [0.05, 0.1) is 6.61 Å². The summed E-state index contributed by atoms with van der Waals surface area (Å²) < 4.78 is 5.47. The fourth-order valence-electron chi connectivity index (χ4n) is 2.83. The largest absolute Gasteiger partial charge is 0.479 e. The summed E-state index contributed by atoms with van der Waals surface area (Å²) in [6, 6.07) is 0. The molecule has 0 bridgehead atoms. The van der Waals surface area contributed by atoms with Crippen molar-refractivity contribution in [1.82, 2.24) is 4.90 Å². The van der Waals surface area contributed by atoms with Crippen molar-refractivity contribution in [2.45, 2.75) is 96.5 Å². The van der Waals surface area contributed by atoms with E-state index in [1.165, 1.54) is 64.2 Å². The van der Waals surface area contributed by atoms with Crippen LogP contribution in [0.25, 0.3) is 0 Å². The molecule has 0 amide bonds. The molecule has 0 spiro atoms. The lowest BCUT2D eigenvalue weighted by Crippen LogP contribution is -2.28. The quantitative estimate of drug-likeness (QED) is 0.351. The van der Waals surface area contributed by atoms with Crippen molar-refractivity contribution < 1.29 is 14.6 Å². The van der Waals surface area contributed by atoms with Gasteiger partial charge in [0.1, 0.15) is 0 Å². The molecule has 0 heterocycles. The second kappa shape index (κ2) is 17.2. The van der Waals surface area contributed by atoms with Crippen LogP contribution in [-0.4, -0.2) is 49.3 Å². The number of likely N-dealkylation sites (N-methyl/N-ethyl adjacent to an activating group) is 1. The highest BCUT2D eigenvalue weighted by Crippen LogP contribution is 2.13. The summed E-state index contributed by atoms with van der Waals surface area (Å²) in [5, 5.41) is 9.18. The number of hydrogen-bond acceptors (Lipinski definition) is 3. The summed E-state index contributed by atoms with van der Waals surface area (Å²) in [4.78, 5) is 13.2. The van der Waals surface area contributed by atoms with Gasteiger partial charge in [-0.3, -0.25) is 0 Å². The molecule has 0 rings (SSSR count). The predicted molar refractivity (Wildman–Crippen MR) is 102 cm³/mol. The molecule has 144 valence electrons. The molecule has 0 aromatic heterocycles. The molecule has 0 saturated carbocycles. The fraction of sp³-hybridized carbons (Fsp3) is 0.950. The van der Waals surface area contributed by atoms with Crippen LogP contribution in [0, 0.1) is 0 Å². The Bertz CT molecular complexity index is 282. The minimum absolute atomic E-state index is 0.488. The minimum Gasteiger partial charge on any atom is -0.479 e. The van der Waals surface area contributed by atoms with Crippen molar-refractivity contribution in [2.75, 3.05) is 27.2 Å². The van der Waals surface area contributed by atoms with Gasteiger partial charge < -0.3 is 14.7 Å². The molecular weight excluding hydrogens is 302 g/mol. The summed E-state index contributed by atoms with van der Waals surface area (Å²) in [7, 11) is 3.93. The predicted octanol–water partition coefficient (Wildman–Crippen LogP) is 5.11. The van der Waals surface area contributed by atoms with Crippen LogP contribution in [0.4, 0.5) is 0 Å². The van der Waals surface area contributed by atoms with Gasteiger partial charge in [-0.05, 0) is 20.5 Å². The van der Waals surface area contributed by atoms with E-state index in [1.54, 1.807) is 0 Å². The van der Waals surface area contributed by atoms with Gasteiger partial charge in [0.15, 0.2) is 6.10 Å². The van der Waals surface area contributed by atoms with E-state index in [0.717, 1.165) is 19.4 Å². The molecule has 0 saturated heterocycles. The summed E-state index contributed by atoms with van der Waals surface area (Å²) in [5.41, 5.74) is 0. The van der Waals surface area contributed by atoms with Gasteiger partial charge in [-0.25, -0.2) is 4.79 Å². The Kier molecular flexibility index (Phi) is 16.8. The third kappa shape index (κ3) is 16.3. The monoisotopic (exact) mass is 343 g/mol. The summed E-state index contributed by atoms with van der Waals surface area (Å²) in [5.74, 6) is -0.822. The zero-order chi connectivity index (χ0) is 18.0. The van der Waals surface area contributed by atoms with Crippen molar-refractivity contribution in [2.24, 2.45) is 0 Å². The van der Waals surface area contributed by atoms with E-state index in [1.807, 2.05) is 19.0 Å². The number of carbonyl (C=O) groups is 1. The Morgan fingerprint density at radius 2 is 1.33 bits per heavy atom. The van der Waals surface area contributed by atoms with E-state index in [9.17, 15) is 9.90 Å². The van der Waals surface area contributed by atoms with Gasteiger partial charge in [0, 0.05) is 6.54 Å². The fourth-order valence-corrected chi connectivity index (χ4v) is 2.83. The van der Waals surface area contributed by atoms with Gasteiger partial charge >= 0.3 is 5.97 Å². The molecule has 0 radical (unpaired) electrons. The molecule has 1 atom stereocenters. The average molecular weight is 344 g/mol. The molecular formula is C20H41NO3. The lowest BCUT2D eigenvalue weighted by Gasteiger charge is -2.15. The molecule has 24 heavy (non-hydrogen) atoms. The lowest BCUT2D eigenvalue weighted by atomic mass is 10.0. The number of carboxylic acids is 1. The normalized spacial score (nSPS) is 12.7. The first kappa shape index (κ1) is 23.4. The number of ether oxygens (including phenoxy) is 1. The third-order valence-electron chi connectivity index (χ3n) is 4.45. The first-order valence-electron chi connectivity index (χ1n) is 10.1. The summed E-state index contributed by atoms with van der Waals surface area (Å²) >= 11 is 0. The van der Waals surface area contributed by atoms with E-state index < -0.39 is 12.1 Å². The maximum absolute atomic E-state index is 11.2. The van der Waals surface area contributed by atoms with Crippen LogP contribution in [-0.2, 0) is 9.53 Å². The van der Waals surface area contributed by atoms with Gasteiger partial charge in [-0.15, -0.1) is 0 Å². The van der Waals surface area contributed by atoms with Gasteiger partial charge in [-0.2, -0.15) is 0 Å². The Morgan fingerprint density at radius 3 is 1.75 bits per heavy atom. The average Bonchev–Trinajstić information content (AvgIpc) is 2.53. The molecule has 0 aliphatic rings. The Balaban J connectivity index is 3.41. The summed E-state index contributed by atoms with van der Waals surface area (Å²) in [6.45, 7) is 3.51.